The van der Waals surface area contributed by atoms with Gasteiger partial charge in [0.1, 0.15) is 5.60 Å². The smallest absolute Gasteiger partial charge is 0.340 e. The van der Waals surface area contributed by atoms with E-state index in [1.807, 2.05) is 20.8 Å². The van der Waals surface area contributed by atoms with Gasteiger partial charge in [-0.3, -0.25) is 4.79 Å². The van der Waals surface area contributed by atoms with E-state index in [9.17, 15) is 9.59 Å². The molecule has 0 fully saturated rings. The second-order valence-electron chi connectivity index (χ2n) is 4.92. The maximum absolute atomic E-state index is 12.0. The van der Waals surface area contributed by atoms with Gasteiger partial charge in [-0.1, -0.05) is 6.08 Å². The van der Waals surface area contributed by atoms with Crippen LogP contribution in [0.5, 0.6) is 0 Å². The van der Waals surface area contributed by atoms with Gasteiger partial charge in [-0.2, -0.15) is 0 Å². The molecule has 0 bridgehead atoms. The third-order valence-electron chi connectivity index (χ3n) is 1.97. The summed E-state index contributed by atoms with van der Waals surface area (Å²) in [7, 11) is 0. The number of rotatable bonds is 3. The van der Waals surface area contributed by atoms with Crippen LogP contribution in [-0.4, -0.2) is 22.5 Å². The summed E-state index contributed by atoms with van der Waals surface area (Å²) >= 11 is 1.27. The summed E-state index contributed by atoms with van der Waals surface area (Å²) in [4.78, 5) is 27.1. The fraction of sp³-hybridized carbons (Fsp3) is 0.462. The first kappa shape index (κ1) is 15.4. The zero-order valence-corrected chi connectivity index (χ0v) is 12.6. The molecule has 1 aromatic heterocycles. The average Bonchev–Trinajstić information content (AvgIpc) is 2.63. The Hall–Kier alpha value is -1.69. The number of hydrogen-bond acceptors (Lipinski definition) is 5. The van der Waals surface area contributed by atoms with Crippen LogP contribution in [0.15, 0.2) is 11.5 Å². The Bertz CT molecular complexity index is 512. The minimum absolute atomic E-state index is 0.194. The predicted molar refractivity (Wildman–Crippen MR) is 75.9 cm³/mol. The molecule has 0 aromatic carbocycles. The Morgan fingerprint density at radius 1 is 1.42 bits per heavy atom. The lowest BCUT2D eigenvalue weighted by Crippen LogP contribution is -2.24. The lowest BCUT2D eigenvalue weighted by Gasteiger charge is -2.20. The number of thiazole rings is 1. The monoisotopic (exact) mass is 282 g/mol. The van der Waals surface area contributed by atoms with E-state index < -0.39 is 11.6 Å². The van der Waals surface area contributed by atoms with E-state index in [1.165, 1.54) is 18.3 Å². The van der Waals surface area contributed by atoms with Crippen molar-refractivity contribution in [2.45, 2.75) is 40.2 Å². The molecule has 1 rings (SSSR count). The van der Waals surface area contributed by atoms with Gasteiger partial charge in [-0.05, 0) is 27.7 Å². The highest BCUT2D eigenvalue weighted by atomic mass is 32.1. The molecule has 104 valence electrons. The van der Waals surface area contributed by atoms with E-state index >= 15 is 0 Å². The number of nitrogens with zero attached hydrogens (tertiary/aromatic N) is 1. The molecule has 1 aromatic rings. The van der Waals surface area contributed by atoms with Crippen LogP contribution in [0.25, 0.3) is 5.57 Å². The molecule has 0 aliphatic carbocycles. The zero-order valence-electron chi connectivity index (χ0n) is 11.7. The minimum Gasteiger partial charge on any atom is -0.456 e. The Morgan fingerprint density at radius 2 is 2.05 bits per heavy atom. The third-order valence-corrected chi connectivity index (χ3v) is 2.73. The summed E-state index contributed by atoms with van der Waals surface area (Å²) in [6.45, 7) is 8.58. The Balaban J connectivity index is 2.89. The molecule has 0 radical (unpaired) electrons. The number of esters is 1. The molecule has 1 amide bonds. The maximum atomic E-state index is 12.0. The number of allylic oxidation sites excluding steroid dienone is 1. The third kappa shape index (κ3) is 4.82. The van der Waals surface area contributed by atoms with Crippen LogP contribution < -0.4 is 5.32 Å². The molecule has 19 heavy (non-hydrogen) atoms. The summed E-state index contributed by atoms with van der Waals surface area (Å²) in [5.41, 5.74) is 0.343. The highest BCUT2D eigenvalue weighted by molar-refractivity contribution is 7.14. The number of ether oxygens (including phenoxy) is 1. The van der Waals surface area contributed by atoms with Gasteiger partial charge in [-0.15, -0.1) is 11.3 Å². The van der Waals surface area contributed by atoms with Crippen LogP contribution in [0.2, 0.25) is 0 Å². The van der Waals surface area contributed by atoms with Gasteiger partial charge < -0.3 is 10.1 Å². The first-order valence-corrected chi connectivity index (χ1v) is 6.74. The second kappa shape index (κ2) is 5.97. The number of hydrogen-bond donors (Lipinski definition) is 1. The minimum atomic E-state index is -0.554. The molecular weight excluding hydrogens is 264 g/mol. The summed E-state index contributed by atoms with van der Waals surface area (Å²) in [6.07, 6.45) is 1.65. The molecular formula is C13H18N2O3S. The molecule has 0 atom stereocenters. The van der Waals surface area contributed by atoms with Crippen LogP contribution >= 0.6 is 11.3 Å². The molecule has 0 unspecified atom stereocenters. The normalized spacial score (nSPS) is 12.2. The topological polar surface area (TPSA) is 68.3 Å². The van der Waals surface area contributed by atoms with Crippen molar-refractivity contribution in [3.05, 3.63) is 17.2 Å². The quantitative estimate of drug-likeness (QED) is 0.683. The molecule has 1 N–H and O–H groups in total. The van der Waals surface area contributed by atoms with Crippen molar-refractivity contribution in [2.24, 2.45) is 0 Å². The highest BCUT2D eigenvalue weighted by Crippen LogP contribution is 2.24. The predicted octanol–water partition coefficient (Wildman–Crippen LogP) is 2.85. The van der Waals surface area contributed by atoms with Crippen molar-refractivity contribution in [1.29, 1.82) is 0 Å². The lowest BCUT2D eigenvalue weighted by atomic mass is 10.1. The molecule has 0 saturated heterocycles. The number of amides is 1. The Kier molecular flexibility index (Phi) is 4.83. The largest absolute Gasteiger partial charge is 0.456 e. The van der Waals surface area contributed by atoms with Crippen molar-refractivity contribution in [3.63, 3.8) is 0 Å². The number of nitrogens with one attached hydrogen (secondary N) is 1. The Morgan fingerprint density at radius 3 is 2.53 bits per heavy atom. The van der Waals surface area contributed by atoms with E-state index in [0.717, 1.165) is 0 Å². The molecule has 6 heteroatoms. The summed E-state index contributed by atoms with van der Waals surface area (Å²) in [5, 5.41) is 4.76. The fourth-order valence-electron chi connectivity index (χ4n) is 1.31. The van der Waals surface area contributed by atoms with Crippen LogP contribution in [0, 0.1) is 0 Å². The van der Waals surface area contributed by atoms with E-state index in [4.69, 9.17) is 4.74 Å². The number of carbonyl (C=O) groups is 2. The van der Waals surface area contributed by atoms with Crippen LogP contribution in [0.3, 0.4) is 0 Å². The summed E-state index contributed by atoms with van der Waals surface area (Å²) in [6, 6.07) is 0. The molecule has 5 nitrogen and oxygen atoms in total. The fourth-order valence-corrected chi connectivity index (χ4v) is 2.07. The van der Waals surface area contributed by atoms with E-state index in [0.29, 0.717) is 16.4 Å². The number of aromatic nitrogens is 1. The van der Waals surface area contributed by atoms with Crippen molar-refractivity contribution < 1.29 is 14.3 Å². The molecule has 0 aliphatic rings. The second-order valence-corrected chi connectivity index (χ2v) is 5.78. The van der Waals surface area contributed by atoms with Gasteiger partial charge in [0.15, 0.2) is 5.13 Å². The van der Waals surface area contributed by atoms with Gasteiger partial charge in [0.05, 0.1) is 11.3 Å². The zero-order chi connectivity index (χ0) is 14.6. The Labute approximate surface area is 116 Å². The van der Waals surface area contributed by atoms with E-state index in [-0.39, 0.29) is 5.91 Å². The van der Waals surface area contributed by atoms with Gasteiger partial charge in [0.25, 0.3) is 0 Å². The molecule has 0 saturated carbocycles. The van der Waals surface area contributed by atoms with Gasteiger partial charge in [0.2, 0.25) is 5.91 Å². The van der Waals surface area contributed by atoms with Crippen molar-refractivity contribution in [1.82, 2.24) is 4.98 Å². The summed E-state index contributed by atoms with van der Waals surface area (Å²) < 4.78 is 5.31. The van der Waals surface area contributed by atoms with Crippen molar-refractivity contribution >= 4 is 33.9 Å². The summed E-state index contributed by atoms with van der Waals surface area (Å²) in [5.74, 6) is -0.616. The van der Waals surface area contributed by atoms with Crippen molar-refractivity contribution in [2.75, 3.05) is 5.32 Å². The molecule has 0 aliphatic heterocycles. The first-order chi connectivity index (χ1) is 8.73. The van der Waals surface area contributed by atoms with Gasteiger partial charge in [-0.25, -0.2) is 9.78 Å². The van der Waals surface area contributed by atoms with E-state index in [2.05, 4.69) is 10.3 Å². The number of anilines is 1. The maximum Gasteiger partial charge on any atom is 0.340 e. The van der Waals surface area contributed by atoms with Crippen molar-refractivity contribution in [3.8, 4) is 0 Å². The molecule has 0 spiro atoms. The van der Waals surface area contributed by atoms with Gasteiger partial charge in [0, 0.05) is 12.3 Å². The SMILES string of the molecule is C/C=C(\C(=O)OC(C)(C)C)c1csc(NC(C)=O)n1. The van der Waals surface area contributed by atoms with Crippen LogP contribution in [0.4, 0.5) is 5.13 Å². The van der Waals surface area contributed by atoms with Crippen LogP contribution in [0.1, 0.15) is 40.3 Å². The van der Waals surface area contributed by atoms with Gasteiger partial charge >= 0.3 is 5.97 Å². The number of carbonyl (C=O) groups excluding carboxylic acids is 2. The lowest BCUT2D eigenvalue weighted by molar-refractivity contribution is -0.147. The molecule has 1 heterocycles. The van der Waals surface area contributed by atoms with E-state index in [1.54, 1.807) is 18.4 Å². The average molecular weight is 282 g/mol. The highest BCUT2D eigenvalue weighted by Gasteiger charge is 2.22. The standard InChI is InChI=1S/C13H18N2O3S/c1-6-9(11(17)18-13(3,4)5)10-7-19-12(15-10)14-8(2)16/h6-7H,1-5H3,(H,14,15,16)/b9-6-. The first-order valence-electron chi connectivity index (χ1n) is 5.86. The van der Waals surface area contributed by atoms with Crippen LogP contribution in [-0.2, 0) is 14.3 Å².